The quantitative estimate of drug-likeness (QED) is 0.175. The number of benzene rings is 2. The van der Waals surface area contributed by atoms with Crippen LogP contribution in [-0.2, 0) is 22.5 Å². The molecule has 1 aliphatic heterocycles. The van der Waals surface area contributed by atoms with Crippen LogP contribution in [0.15, 0.2) is 60.7 Å². The lowest BCUT2D eigenvalue weighted by Gasteiger charge is -2.34. The summed E-state index contributed by atoms with van der Waals surface area (Å²) in [6, 6.07) is 16.3. The van der Waals surface area contributed by atoms with Gasteiger partial charge in [-0.15, -0.1) is 11.3 Å². The highest BCUT2D eigenvalue weighted by Crippen LogP contribution is 2.26. The van der Waals surface area contributed by atoms with E-state index >= 15 is 0 Å². The molecule has 4 N–H and O–H groups in total. The molecule has 11 heteroatoms. The molecule has 1 saturated carbocycles. The highest BCUT2D eigenvalue weighted by Gasteiger charge is 2.27. The number of amides is 3. The predicted octanol–water partition coefficient (Wildman–Crippen LogP) is 6.89. The number of nitrogens with zero attached hydrogens (tertiary/aromatic N) is 1. The molecule has 0 radical (unpaired) electrons. The number of thiophene rings is 1. The Morgan fingerprint density at radius 3 is 2.46 bits per heavy atom. The monoisotopic (exact) mass is 666 g/mol. The van der Waals surface area contributed by atoms with Gasteiger partial charge in [-0.25, -0.2) is 9.59 Å². The predicted molar refractivity (Wildman–Crippen MR) is 181 cm³/mol. The largest absolute Gasteiger partial charge is 0.508 e. The van der Waals surface area contributed by atoms with E-state index in [1.54, 1.807) is 36.4 Å². The van der Waals surface area contributed by atoms with Crippen LogP contribution in [0.3, 0.4) is 0 Å². The van der Waals surface area contributed by atoms with Crippen molar-refractivity contribution in [3.63, 3.8) is 0 Å². The average Bonchev–Trinajstić information content (AvgIpc) is 3.48. The number of esters is 1. The van der Waals surface area contributed by atoms with Crippen LogP contribution in [0.5, 0.6) is 5.75 Å². The fraction of sp³-hybridized carbons (Fsp3) is 0.457. The van der Waals surface area contributed by atoms with Gasteiger partial charge >= 0.3 is 12.0 Å². The van der Waals surface area contributed by atoms with Gasteiger partial charge in [-0.2, -0.15) is 0 Å². The van der Waals surface area contributed by atoms with Gasteiger partial charge < -0.3 is 20.5 Å². The minimum absolute atomic E-state index is 0.0651. The second kappa shape index (κ2) is 16.8. The second-order valence-corrected chi connectivity index (χ2v) is 13.8. The van der Waals surface area contributed by atoms with Gasteiger partial charge in [-0.3, -0.25) is 15.0 Å². The number of halogens is 1. The number of hydrogen-bond acceptors (Lipinski definition) is 7. The number of urea groups is 1. The van der Waals surface area contributed by atoms with Crippen LogP contribution < -0.4 is 16.0 Å². The molecule has 2 atom stereocenters. The zero-order chi connectivity index (χ0) is 32.3. The van der Waals surface area contributed by atoms with Crippen molar-refractivity contribution in [3.05, 3.63) is 81.7 Å². The van der Waals surface area contributed by atoms with Gasteiger partial charge in [0.2, 0.25) is 5.91 Å². The molecular formula is C35H43ClN4O5S. The summed E-state index contributed by atoms with van der Waals surface area (Å²) in [6.45, 7) is 2.23. The third-order valence-electron chi connectivity index (χ3n) is 8.51. The fourth-order valence-corrected chi connectivity index (χ4v) is 7.07. The van der Waals surface area contributed by atoms with E-state index in [-0.39, 0.29) is 36.2 Å². The number of carbonyl (C=O) groups is 3. The number of anilines is 1. The first-order valence-electron chi connectivity index (χ1n) is 16.2. The molecule has 1 saturated heterocycles. The number of carbonyl (C=O) groups excluding carboxylic acids is 3. The smallest absolute Gasteiger partial charge is 0.348 e. The summed E-state index contributed by atoms with van der Waals surface area (Å²) in [7, 11) is 0. The van der Waals surface area contributed by atoms with Gasteiger partial charge in [0.15, 0.2) is 0 Å². The number of phenols is 1. The lowest BCUT2D eigenvalue weighted by molar-refractivity contribution is -0.124. The van der Waals surface area contributed by atoms with Crippen molar-refractivity contribution >= 4 is 45.8 Å². The molecule has 3 aromatic rings. The Morgan fingerprint density at radius 1 is 0.935 bits per heavy atom. The first kappa shape index (κ1) is 33.8. The van der Waals surface area contributed by atoms with Gasteiger partial charge in [0.1, 0.15) is 22.8 Å². The van der Waals surface area contributed by atoms with E-state index in [0.29, 0.717) is 28.0 Å². The fourth-order valence-electron chi connectivity index (χ4n) is 6.16. The van der Waals surface area contributed by atoms with Gasteiger partial charge in [0.05, 0.1) is 5.00 Å². The van der Waals surface area contributed by atoms with Gasteiger partial charge in [-0.1, -0.05) is 55.1 Å². The number of piperidine rings is 1. The number of aromatic hydroxyl groups is 1. The van der Waals surface area contributed by atoms with Crippen molar-refractivity contribution < 1.29 is 24.2 Å². The normalized spacial score (nSPS) is 18.5. The van der Waals surface area contributed by atoms with Crippen molar-refractivity contribution in [1.29, 1.82) is 0 Å². The molecule has 2 aliphatic rings. The van der Waals surface area contributed by atoms with E-state index in [9.17, 15) is 19.5 Å². The Morgan fingerprint density at radius 2 is 1.70 bits per heavy atom. The second-order valence-electron chi connectivity index (χ2n) is 12.3. The number of nitrogens with one attached hydrogen (secondary N) is 3. The van der Waals surface area contributed by atoms with Crippen LogP contribution in [0.1, 0.15) is 78.6 Å². The van der Waals surface area contributed by atoms with Crippen molar-refractivity contribution in [3.8, 4) is 5.75 Å². The Labute approximate surface area is 279 Å². The van der Waals surface area contributed by atoms with Gasteiger partial charge in [0.25, 0.3) is 0 Å². The summed E-state index contributed by atoms with van der Waals surface area (Å²) < 4.78 is 5.79. The van der Waals surface area contributed by atoms with E-state index in [2.05, 4.69) is 20.9 Å². The topological polar surface area (TPSA) is 120 Å². The van der Waals surface area contributed by atoms with E-state index in [0.717, 1.165) is 67.5 Å². The maximum absolute atomic E-state index is 13.6. The minimum atomic E-state index is -0.841. The summed E-state index contributed by atoms with van der Waals surface area (Å²) in [4.78, 5) is 42.3. The molecule has 9 nitrogen and oxygen atoms in total. The van der Waals surface area contributed by atoms with Crippen LogP contribution in [-0.4, -0.2) is 59.2 Å². The molecule has 246 valence electrons. The molecule has 2 fully saturated rings. The third-order valence-corrected chi connectivity index (χ3v) is 9.75. The Balaban J connectivity index is 1.18. The molecule has 46 heavy (non-hydrogen) atoms. The molecule has 1 aromatic heterocycles. The van der Waals surface area contributed by atoms with Crippen LogP contribution in [0.4, 0.5) is 9.80 Å². The maximum Gasteiger partial charge on any atom is 0.348 e. The molecule has 0 unspecified atom stereocenters. The summed E-state index contributed by atoms with van der Waals surface area (Å²) in [5.74, 6) is -0.406. The van der Waals surface area contributed by atoms with E-state index in [1.165, 1.54) is 19.3 Å². The van der Waals surface area contributed by atoms with Gasteiger partial charge in [-0.05, 0) is 92.6 Å². The minimum Gasteiger partial charge on any atom is -0.508 e. The first-order chi connectivity index (χ1) is 22.3. The molecule has 2 aromatic carbocycles. The summed E-state index contributed by atoms with van der Waals surface area (Å²) >= 11 is 7.23. The van der Waals surface area contributed by atoms with Crippen LogP contribution in [0.25, 0.3) is 0 Å². The van der Waals surface area contributed by atoms with Crippen molar-refractivity contribution in [2.45, 2.75) is 88.9 Å². The van der Waals surface area contributed by atoms with Crippen LogP contribution in [0, 0.1) is 0 Å². The summed E-state index contributed by atoms with van der Waals surface area (Å²) in [5, 5.41) is 19.7. The van der Waals surface area contributed by atoms with Gasteiger partial charge in [0, 0.05) is 30.6 Å². The average molecular weight is 667 g/mol. The SMILES string of the molecule is O=C(Nc1ccc(C(=O)OC2CCCCCCC2)s1)N[C@@H](Cc1ccc(Cl)cc1)C(=O)N[C@H]1CCCN(Cc2cccc(O)c2)C1. The summed E-state index contributed by atoms with van der Waals surface area (Å²) in [5.41, 5.74) is 1.87. The highest BCUT2D eigenvalue weighted by atomic mass is 35.5. The van der Waals surface area contributed by atoms with E-state index in [1.807, 2.05) is 24.3 Å². The third kappa shape index (κ3) is 10.5. The number of ether oxygens (including phenoxy) is 1. The Kier molecular flexibility index (Phi) is 12.3. The zero-order valence-corrected chi connectivity index (χ0v) is 27.6. The lowest BCUT2D eigenvalue weighted by atomic mass is 9.98. The van der Waals surface area contributed by atoms with Crippen LogP contribution in [0.2, 0.25) is 5.02 Å². The highest BCUT2D eigenvalue weighted by molar-refractivity contribution is 7.18. The standard InChI is InChI=1S/C35H43ClN4O5S/c36-26-15-13-24(14-16-26)21-30(33(42)37-27-9-7-19-40(23-27)22-25-8-6-10-28(41)20-25)38-35(44)39-32-18-17-31(46-32)34(43)45-29-11-4-2-1-3-5-12-29/h6,8,10,13-18,20,27,29-30,41H,1-5,7,9,11-12,19,21-23H2,(H,37,42)(H2,38,39,44)/t27-,30-/m0/s1. The molecule has 0 spiro atoms. The van der Waals surface area contributed by atoms with Crippen LogP contribution >= 0.6 is 22.9 Å². The Bertz CT molecular complexity index is 1460. The first-order valence-corrected chi connectivity index (χ1v) is 17.4. The molecular weight excluding hydrogens is 624 g/mol. The number of rotatable bonds is 10. The molecule has 3 amide bonds. The number of hydrogen-bond donors (Lipinski definition) is 4. The Hall–Kier alpha value is -3.60. The molecule has 0 bridgehead atoms. The van der Waals surface area contributed by atoms with Crippen molar-refractivity contribution in [1.82, 2.24) is 15.5 Å². The zero-order valence-electron chi connectivity index (χ0n) is 26.0. The van der Waals surface area contributed by atoms with Crippen molar-refractivity contribution in [2.75, 3.05) is 18.4 Å². The number of phenolic OH excluding ortho intramolecular Hbond substituents is 1. The molecule has 1 aliphatic carbocycles. The van der Waals surface area contributed by atoms with Crippen molar-refractivity contribution in [2.24, 2.45) is 0 Å². The number of likely N-dealkylation sites (tertiary alicyclic amines) is 1. The maximum atomic E-state index is 13.6. The van der Waals surface area contributed by atoms with E-state index < -0.39 is 12.1 Å². The summed E-state index contributed by atoms with van der Waals surface area (Å²) in [6.07, 6.45) is 9.46. The molecule has 2 heterocycles. The van der Waals surface area contributed by atoms with E-state index in [4.69, 9.17) is 16.3 Å². The molecule has 5 rings (SSSR count). The lowest BCUT2D eigenvalue weighted by Crippen LogP contribution is -2.54.